The summed E-state index contributed by atoms with van der Waals surface area (Å²) in [5, 5.41) is 0. The van der Waals surface area contributed by atoms with Crippen molar-refractivity contribution in [2.45, 2.75) is 19.4 Å². The van der Waals surface area contributed by atoms with E-state index in [1.807, 2.05) is 0 Å². The largest absolute Gasteiger partial charge is 0.383 e. The van der Waals surface area contributed by atoms with Crippen molar-refractivity contribution < 1.29 is 9.47 Å². The lowest BCUT2D eigenvalue weighted by molar-refractivity contribution is 0.110. The van der Waals surface area contributed by atoms with E-state index in [0.717, 1.165) is 39.3 Å². The van der Waals surface area contributed by atoms with Crippen molar-refractivity contribution in [1.82, 2.24) is 4.90 Å². The van der Waals surface area contributed by atoms with E-state index in [0.29, 0.717) is 0 Å². The van der Waals surface area contributed by atoms with E-state index >= 15 is 0 Å². The highest BCUT2D eigenvalue weighted by Crippen LogP contribution is 1.94. The van der Waals surface area contributed by atoms with Crippen molar-refractivity contribution in [1.29, 1.82) is 0 Å². The van der Waals surface area contributed by atoms with Gasteiger partial charge in [0.25, 0.3) is 0 Å². The van der Waals surface area contributed by atoms with E-state index in [1.165, 1.54) is 0 Å². The van der Waals surface area contributed by atoms with E-state index in [-0.39, 0.29) is 6.04 Å². The predicted molar refractivity (Wildman–Crippen MR) is 58.5 cm³/mol. The molecule has 0 aromatic carbocycles. The molecule has 0 bridgehead atoms. The molecule has 14 heavy (non-hydrogen) atoms. The number of rotatable bonds is 9. The molecule has 0 aromatic heterocycles. The quantitative estimate of drug-likeness (QED) is 0.587. The van der Waals surface area contributed by atoms with Crippen LogP contribution in [-0.2, 0) is 9.47 Å². The summed E-state index contributed by atoms with van der Waals surface area (Å²) in [5.74, 6) is 0. The van der Waals surface area contributed by atoms with Crippen LogP contribution in [0.4, 0.5) is 0 Å². The third kappa shape index (κ3) is 7.26. The van der Waals surface area contributed by atoms with Crippen LogP contribution in [0.15, 0.2) is 0 Å². The Hall–Kier alpha value is -0.160. The van der Waals surface area contributed by atoms with Crippen LogP contribution in [0.1, 0.15) is 13.3 Å². The fourth-order valence-corrected chi connectivity index (χ4v) is 1.20. The van der Waals surface area contributed by atoms with E-state index in [9.17, 15) is 0 Å². The Balaban J connectivity index is 3.71. The van der Waals surface area contributed by atoms with Gasteiger partial charge in [-0.1, -0.05) is 6.92 Å². The number of ether oxygens (including phenoxy) is 2. The van der Waals surface area contributed by atoms with Gasteiger partial charge >= 0.3 is 0 Å². The summed E-state index contributed by atoms with van der Waals surface area (Å²) in [4.78, 5) is 2.28. The molecule has 4 nitrogen and oxygen atoms in total. The average Bonchev–Trinajstić information content (AvgIpc) is 2.21. The Morgan fingerprint density at radius 3 is 2.00 bits per heavy atom. The third-order valence-corrected chi connectivity index (χ3v) is 2.24. The first kappa shape index (κ1) is 13.8. The van der Waals surface area contributed by atoms with Gasteiger partial charge in [0, 0.05) is 39.9 Å². The minimum absolute atomic E-state index is 0.253. The first-order valence-electron chi connectivity index (χ1n) is 5.20. The lowest BCUT2D eigenvalue weighted by atomic mass is 10.2. The number of nitrogens with zero attached hydrogens (tertiary/aromatic N) is 1. The summed E-state index contributed by atoms with van der Waals surface area (Å²) < 4.78 is 10.1. The zero-order chi connectivity index (χ0) is 10.8. The summed E-state index contributed by atoms with van der Waals surface area (Å²) in [6.07, 6.45) is 1.01. The number of hydrogen-bond acceptors (Lipinski definition) is 4. The molecule has 0 aliphatic heterocycles. The van der Waals surface area contributed by atoms with Crippen molar-refractivity contribution in [2.24, 2.45) is 5.73 Å². The summed E-state index contributed by atoms with van der Waals surface area (Å²) in [7, 11) is 3.43. The molecule has 86 valence electrons. The van der Waals surface area contributed by atoms with Crippen LogP contribution in [0, 0.1) is 0 Å². The van der Waals surface area contributed by atoms with Gasteiger partial charge in [0.2, 0.25) is 0 Å². The Labute approximate surface area is 87.4 Å². The molecule has 0 aromatic rings. The fourth-order valence-electron chi connectivity index (χ4n) is 1.20. The average molecular weight is 204 g/mol. The van der Waals surface area contributed by atoms with Gasteiger partial charge in [0.1, 0.15) is 0 Å². The molecule has 0 saturated carbocycles. The highest BCUT2D eigenvalue weighted by Gasteiger charge is 2.08. The lowest BCUT2D eigenvalue weighted by Crippen LogP contribution is -2.40. The zero-order valence-corrected chi connectivity index (χ0v) is 9.66. The van der Waals surface area contributed by atoms with Crippen molar-refractivity contribution in [3.05, 3.63) is 0 Å². The van der Waals surface area contributed by atoms with Crippen LogP contribution in [0.2, 0.25) is 0 Å². The van der Waals surface area contributed by atoms with Crippen molar-refractivity contribution >= 4 is 0 Å². The molecule has 0 radical (unpaired) electrons. The molecule has 0 heterocycles. The highest BCUT2D eigenvalue weighted by atomic mass is 16.5. The molecule has 0 rings (SSSR count). The predicted octanol–water partition coefficient (Wildman–Crippen LogP) is 0.319. The van der Waals surface area contributed by atoms with Crippen LogP contribution in [-0.4, -0.2) is 58.0 Å². The topological polar surface area (TPSA) is 47.7 Å². The van der Waals surface area contributed by atoms with Gasteiger partial charge in [-0.15, -0.1) is 0 Å². The number of hydrogen-bond donors (Lipinski definition) is 1. The lowest BCUT2D eigenvalue weighted by Gasteiger charge is -2.24. The molecule has 1 atom stereocenters. The van der Waals surface area contributed by atoms with E-state index in [1.54, 1.807) is 14.2 Å². The second kappa shape index (κ2) is 9.40. The number of methoxy groups -OCH3 is 2. The standard InChI is InChI=1S/C10H24N2O2/c1-4-10(11)9-12(5-7-13-2)6-8-14-3/h10H,4-9,11H2,1-3H3/t10-/m0/s1. The summed E-state index contributed by atoms with van der Waals surface area (Å²) in [6.45, 7) is 6.38. The second-order valence-corrected chi connectivity index (χ2v) is 3.45. The third-order valence-electron chi connectivity index (χ3n) is 2.24. The van der Waals surface area contributed by atoms with Crippen LogP contribution in [0.3, 0.4) is 0 Å². The van der Waals surface area contributed by atoms with E-state index in [2.05, 4.69) is 11.8 Å². The summed E-state index contributed by atoms with van der Waals surface area (Å²) in [5.41, 5.74) is 5.89. The molecule has 0 spiro atoms. The SMILES string of the molecule is CC[C@H](N)CN(CCOC)CCOC. The molecule has 4 heteroatoms. The maximum Gasteiger partial charge on any atom is 0.0589 e. The fraction of sp³-hybridized carbons (Fsp3) is 1.00. The van der Waals surface area contributed by atoms with Gasteiger partial charge in [-0.05, 0) is 6.42 Å². The summed E-state index contributed by atoms with van der Waals surface area (Å²) >= 11 is 0. The van der Waals surface area contributed by atoms with Crippen LogP contribution < -0.4 is 5.73 Å². The molecule has 0 amide bonds. The maximum atomic E-state index is 5.89. The minimum Gasteiger partial charge on any atom is -0.383 e. The molecule has 2 N–H and O–H groups in total. The molecule has 0 aliphatic carbocycles. The smallest absolute Gasteiger partial charge is 0.0589 e. The van der Waals surface area contributed by atoms with Gasteiger partial charge < -0.3 is 15.2 Å². The van der Waals surface area contributed by atoms with Gasteiger partial charge in [-0.25, -0.2) is 0 Å². The minimum atomic E-state index is 0.253. The van der Waals surface area contributed by atoms with Crippen molar-refractivity contribution in [2.75, 3.05) is 47.1 Å². The van der Waals surface area contributed by atoms with Crippen LogP contribution in [0.5, 0.6) is 0 Å². The van der Waals surface area contributed by atoms with E-state index in [4.69, 9.17) is 15.2 Å². The normalized spacial score (nSPS) is 13.5. The van der Waals surface area contributed by atoms with Gasteiger partial charge in [0.05, 0.1) is 13.2 Å². The Morgan fingerprint density at radius 2 is 1.64 bits per heavy atom. The van der Waals surface area contributed by atoms with Crippen molar-refractivity contribution in [3.8, 4) is 0 Å². The van der Waals surface area contributed by atoms with Gasteiger partial charge in [0.15, 0.2) is 0 Å². The molecule has 0 fully saturated rings. The van der Waals surface area contributed by atoms with Crippen LogP contribution in [0.25, 0.3) is 0 Å². The van der Waals surface area contributed by atoms with E-state index < -0.39 is 0 Å². The second-order valence-electron chi connectivity index (χ2n) is 3.45. The Bertz CT molecular complexity index is 115. The highest BCUT2D eigenvalue weighted by molar-refractivity contribution is 4.66. The monoisotopic (exact) mass is 204 g/mol. The maximum absolute atomic E-state index is 5.89. The first-order chi connectivity index (χ1) is 6.74. The Morgan fingerprint density at radius 1 is 1.14 bits per heavy atom. The van der Waals surface area contributed by atoms with Crippen LogP contribution >= 0.6 is 0 Å². The van der Waals surface area contributed by atoms with Crippen molar-refractivity contribution in [3.63, 3.8) is 0 Å². The first-order valence-corrected chi connectivity index (χ1v) is 5.20. The van der Waals surface area contributed by atoms with Gasteiger partial charge in [-0.2, -0.15) is 0 Å². The molecule has 0 aliphatic rings. The molecular formula is C10H24N2O2. The molecular weight excluding hydrogens is 180 g/mol. The Kier molecular flexibility index (Phi) is 9.29. The van der Waals surface area contributed by atoms with Gasteiger partial charge in [-0.3, -0.25) is 4.90 Å². The zero-order valence-electron chi connectivity index (χ0n) is 9.66. The summed E-state index contributed by atoms with van der Waals surface area (Å²) in [6, 6.07) is 0.253. The molecule has 0 saturated heterocycles. The molecule has 0 unspecified atom stereocenters. The number of nitrogens with two attached hydrogens (primary N) is 1.